The number of hydrogen-bond donors (Lipinski definition) is 1. The van der Waals surface area contributed by atoms with Crippen molar-refractivity contribution in [2.24, 2.45) is 5.92 Å². The Labute approximate surface area is 127 Å². The van der Waals surface area contributed by atoms with Gasteiger partial charge in [0.25, 0.3) is 0 Å². The zero-order valence-corrected chi connectivity index (χ0v) is 13.1. The van der Waals surface area contributed by atoms with Crippen LogP contribution in [0.1, 0.15) is 30.9 Å². The Kier molecular flexibility index (Phi) is 6.04. The molecule has 1 heterocycles. The molecule has 0 amide bonds. The normalized spacial score (nSPS) is 15.7. The fourth-order valence-corrected chi connectivity index (χ4v) is 2.80. The molecule has 114 valence electrons. The van der Waals surface area contributed by atoms with Gasteiger partial charge < -0.3 is 15.0 Å². The number of hydrogen-bond acceptors (Lipinski definition) is 4. The van der Waals surface area contributed by atoms with Crippen LogP contribution in [0.3, 0.4) is 0 Å². The van der Waals surface area contributed by atoms with Crippen LogP contribution in [0.5, 0.6) is 0 Å². The minimum absolute atomic E-state index is 0.664. The quantitative estimate of drug-likeness (QED) is 0.873. The van der Waals surface area contributed by atoms with Gasteiger partial charge in [-0.1, -0.05) is 13.0 Å². The Balaban J connectivity index is 2.05. The molecule has 1 aromatic rings. The molecule has 0 unspecified atom stereocenters. The first-order chi connectivity index (χ1) is 10.2. The molecule has 1 saturated heterocycles. The highest BCUT2D eigenvalue weighted by Crippen LogP contribution is 2.24. The van der Waals surface area contributed by atoms with Crippen LogP contribution in [-0.4, -0.2) is 33.4 Å². The maximum Gasteiger partial charge on any atom is 0.101 e. The van der Waals surface area contributed by atoms with Gasteiger partial charge in [0, 0.05) is 33.4 Å². The number of ether oxygens (including phenoxy) is 1. The molecule has 0 aliphatic carbocycles. The minimum atomic E-state index is 0.664. The third-order valence-corrected chi connectivity index (χ3v) is 4.04. The molecule has 1 N–H and O–H groups in total. The molecule has 4 heteroatoms. The molecule has 21 heavy (non-hydrogen) atoms. The lowest BCUT2D eigenvalue weighted by Gasteiger charge is -2.29. The van der Waals surface area contributed by atoms with Crippen molar-refractivity contribution in [2.45, 2.75) is 26.3 Å². The first kappa shape index (κ1) is 15.8. The van der Waals surface area contributed by atoms with E-state index in [0.717, 1.165) is 62.5 Å². The molecule has 1 aliphatic heterocycles. The van der Waals surface area contributed by atoms with Crippen molar-refractivity contribution < 1.29 is 4.74 Å². The maximum absolute atomic E-state index is 9.41. The van der Waals surface area contributed by atoms with Gasteiger partial charge in [-0.15, -0.1) is 0 Å². The summed E-state index contributed by atoms with van der Waals surface area (Å²) in [6.07, 6.45) is 2.23. The van der Waals surface area contributed by atoms with Crippen LogP contribution in [0.4, 0.5) is 5.69 Å². The molecule has 0 aromatic heterocycles. The van der Waals surface area contributed by atoms with Crippen molar-refractivity contribution in [3.8, 4) is 6.07 Å². The van der Waals surface area contributed by atoms with Crippen molar-refractivity contribution in [3.63, 3.8) is 0 Å². The van der Waals surface area contributed by atoms with Gasteiger partial charge in [-0.25, -0.2) is 0 Å². The molecule has 0 saturated carbocycles. The summed E-state index contributed by atoms with van der Waals surface area (Å²) >= 11 is 0. The van der Waals surface area contributed by atoms with Crippen LogP contribution >= 0.6 is 0 Å². The second kappa shape index (κ2) is 8.02. The number of rotatable bonds is 6. The first-order valence-electron chi connectivity index (χ1n) is 7.77. The van der Waals surface area contributed by atoms with Crippen molar-refractivity contribution in [1.82, 2.24) is 5.32 Å². The standard InChI is InChI=1S/C17H25N3O/c1-3-19-12-15-4-5-17(16(10-15)11-18)20(2)13-14-6-8-21-9-7-14/h4-5,10,14,19H,3,6-9,12-13H2,1-2H3. The van der Waals surface area contributed by atoms with Gasteiger partial charge in [0.1, 0.15) is 6.07 Å². The second-order valence-electron chi connectivity index (χ2n) is 5.68. The largest absolute Gasteiger partial charge is 0.381 e. The third kappa shape index (κ3) is 4.45. The molecular formula is C17H25N3O. The fourth-order valence-electron chi connectivity index (χ4n) is 2.80. The van der Waals surface area contributed by atoms with Crippen molar-refractivity contribution in [1.29, 1.82) is 5.26 Å². The SMILES string of the molecule is CCNCc1ccc(N(C)CC2CCOCC2)c(C#N)c1. The number of anilines is 1. The zero-order chi connectivity index (χ0) is 15.1. The summed E-state index contributed by atoms with van der Waals surface area (Å²) in [5.41, 5.74) is 2.96. The maximum atomic E-state index is 9.41. The Bertz CT molecular complexity index is 489. The molecule has 0 spiro atoms. The first-order valence-corrected chi connectivity index (χ1v) is 7.77. The van der Waals surface area contributed by atoms with E-state index in [-0.39, 0.29) is 0 Å². The lowest BCUT2D eigenvalue weighted by atomic mass is 9.99. The lowest BCUT2D eigenvalue weighted by molar-refractivity contribution is 0.0685. The molecule has 1 aliphatic rings. The van der Waals surface area contributed by atoms with Gasteiger partial charge in [0.15, 0.2) is 0 Å². The summed E-state index contributed by atoms with van der Waals surface area (Å²) in [7, 11) is 2.08. The number of nitrogens with one attached hydrogen (secondary N) is 1. The highest BCUT2D eigenvalue weighted by atomic mass is 16.5. The van der Waals surface area contributed by atoms with Crippen LogP contribution in [0.15, 0.2) is 18.2 Å². The number of nitrogens with zero attached hydrogens (tertiary/aromatic N) is 2. The highest BCUT2D eigenvalue weighted by molar-refractivity contribution is 5.60. The van der Waals surface area contributed by atoms with Crippen molar-refractivity contribution in [3.05, 3.63) is 29.3 Å². The van der Waals surface area contributed by atoms with E-state index in [9.17, 15) is 5.26 Å². The smallest absolute Gasteiger partial charge is 0.101 e. The van der Waals surface area contributed by atoms with Gasteiger partial charge in [0.05, 0.1) is 11.3 Å². The number of benzene rings is 1. The minimum Gasteiger partial charge on any atom is -0.381 e. The monoisotopic (exact) mass is 287 g/mol. The van der Waals surface area contributed by atoms with E-state index >= 15 is 0 Å². The molecule has 0 atom stereocenters. The Hall–Kier alpha value is -1.57. The van der Waals surface area contributed by atoms with Crippen LogP contribution in [0.2, 0.25) is 0 Å². The molecule has 0 radical (unpaired) electrons. The van der Waals surface area contributed by atoms with E-state index in [0.29, 0.717) is 5.92 Å². The summed E-state index contributed by atoms with van der Waals surface area (Å²) in [5.74, 6) is 0.664. The van der Waals surface area contributed by atoms with E-state index in [1.165, 1.54) is 0 Å². The number of nitriles is 1. The topological polar surface area (TPSA) is 48.3 Å². The van der Waals surface area contributed by atoms with Crippen LogP contribution < -0.4 is 10.2 Å². The predicted molar refractivity (Wildman–Crippen MR) is 85.4 cm³/mol. The highest BCUT2D eigenvalue weighted by Gasteiger charge is 2.17. The van der Waals surface area contributed by atoms with E-state index < -0.39 is 0 Å². The molecule has 1 fully saturated rings. The van der Waals surface area contributed by atoms with Gasteiger partial charge in [-0.3, -0.25) is 0 Å². The van der Waals surface area contributed by atoms with E-state index in [1.54, 1.807) is 0 Å². The molecule has 0 bridgehead atoms. The summed E-state index contributed by atoms with van der Waals surface area (Å²) in [6, 6.07) is 8.52. The Morgan fingerprint density at radius 2 is 2.14 bits per heavy atom. The Morgan fingerprint density at radius 3 is 2.81 bits per heavy atom. The van der Waals surface area contributed by atoms with Gasteiger partial charge in [0.2, 0.25) is 0 Å². The van der Waals surface area contributed by atoms with Gasteiger partial charge in [-0.2, -0.15) is 5.26 Å². The van der Waals surface area contributed by atoms with Crippen LogP contribution in [-0.2, 0) is 11.3 Å². The summed E-state index contributed by atoms with van der Waals surface area (Å²) in [5, 5.41) is 12.7. The Morgan fingerprint density at radius 1 is 1.38 bits per heavy atom. The summed E-state index contributed by atoms with van der Waals surface area (Å²) in [6.45, 7) is 6.56. The van der Waals surface area contributed by atoms with Gasteiger partial charge in [-0.05, 0) is 43.0 Å². The van der Waals surface area contributed by atoms with Gasteiger partial charge >= 0.3 is 0 Å². The third-order valence-electron chi connectivity index (χ3n) is 4.04. The fraction of sp³-hybridized carbons (Fsp3) is 0.588. The average Bonchev–Trinajstić information content (AvgIpc) is 2.53. The predicted octanol–water partition coefficient (Wildman–Crippen LogP) is 2.53. The lowest BCUT2D eigenvalue weighted by Crippen LogP contribution is -2.30. The zero-order valence-electron chi connectivity index (χ0n) is 13.1. The van der Waals surface area contributed by atoms with Crippen LogP contribution in [0.25, 0.3) is 0 Å². The molecule has 4 nitrogen and oxygen atoms in total. The van der Waals surface area contributed by atoms with Crippen molar-refractivity contribution in [2.75, 3.05) is 38.3 Å². The van der Waals surface area contributed by atoms with Crippen molar-refractivity contribution >= 4 is 5.69 Å². The van der Waals surface area contributed by atoms with E-state index in [1.807, 2.05) is 6.07 Å². The summed E-state index contributed by atoms with van der Waals surface area (Å²) < 4.78 is 5.41. The second-order valence-corrected chi connectivity index (χ2v) is 5.68. The average molecular weight is 287 g/mol. The molecule has 1 aromatic carbocycles. The van der Waals surface area contributed by atoms with Crippen LogP contribution in [0, 0.1) is 17.2 Å². The summed E-state index contributed by atoms with van der Waals surface area (Å²) in [4.78, 5) is 2.21. The molecule has 2 rings (SSSR count). The van der Waals surface area contributed by atoms with E-state index in [4.69, 9.17) is 4.74 Å². The molecular weight excluding hydrogens is 262 g/mol. The van der Waals surface area contributed by atoms with E-state index in [2.05, 4.69) is 42.4 Å².